The average Bonchev–Trinajstić information content (AvgIpc) is 3.29. The molecule has 0 amide bonds. The molecule has 1 fully saturated rings. The maximum atomic E-state index is 13.6. The third-order valence-corrected chi connectivity index (χ3v) is 7.24. The molecule has 0 saturated carbocycles. The predicted octanol–water partition coefficient (Wildman–Crippen LogP) is 5.08. The van der Waals surface area contributed by atoms with Gasteiger partial charge in [-0.2, -0.15) is 0 Å². The molecule has 1 N–H and O–H groups in total. The second kappa shape index (κ2) is 11.2. The van der Waals surface area contributed by atoms with Crippen LogP contribution in [0.3, 0.4) is 0 Å². The molecule has 1 aromatic heterocycles. The Morgan fingerprint density at radius 3 is 2.51 bits per heavy atom. The zero-order valence-electron chi connectivity index (χ0n) is 19.5. The minimum Gasteiger partial charge on any atom is -0.491 e. The lowest BCUT2D eigenvalue weighted by Crippen LogP contribution is -2.30. The zero-order valence-corrected chi connectivity index (χ0v) is 20.3. The van der Waals surface area contributed by atoms with Crippen LogP contribution in [-0.2, 0) is 6.54 Å². The van der Waals surface area contributed by atoms with Gasteiger partial charge in [0, 0.05) is 11.4 Å². The summed E-state index contributed by atoms with van der Waals surface area (Å²) in [6, 6.07) is 20.4. The van der Waals surface area contributed by atoms with E-state index in [-0.39, 0.29) is 12.4 Å². The van der Waals surface area contributed by atoms with Gasteiger partial charge in [-0.05, 0) is 73.1 Å². The molecule has 1 saturated heterocycles. The molecule has 182 valence electrons. The van der Waals surface area contributed by atoms with Gasteiger partial charge in [-0.3, -0.25) is 9.47 Å². The number of hydrogen-bond acceptors (Lipinski definition) is 6. The fraction of sp³-hybridized carbons (Fsp3) is 0.333. The van der Waals surface area contributed by atoms with Gasteiger partial charge < -0.3 is 9.84 Å². The molecule has 1 unspecified atom stereocenters. The minimum atomic E-state index is -0.685. The van der Waals surface area contributed by atoms with Crippen LogP contribution in [0.1, 0.15) is 25.1 Å². The van der Waals surface area contributed by atoms with Gasteiger partial charge in [-0.15, -0.1) is 10.2 Å². The summed E-state index contributed by atoms with van der Waals surface area (Å²) in [5.41, 5.74) is 0.813. The average molecular weight is 493 g/mol. The van der Waals surface area contributed by atoms with Gasteiger partial charge in [0.05, 0.1) is 12.6 Å². The molecule has 1 atom stereocenters. The number of likely N-dealkylation sites (tertiary alicyclic amines) is 1. The van der Waals surface area contributed by atoms with Crippen molar-refractivity contribution in [1.29, 1.82) is 0 Å². The van der Waals surface area contributed by atoms with E-state index in [2.05, 4.69) is 21.2 Å². The molecular formula is C27H29FN4O2S. The van der Waals surface area contributed by atoms with Crippen LogP contribution in [0, 0.1) is 5.82 Å². The van der Waals surface area contributed by atoms with E-state index < -0.39 is 6.10 Å². The molecule has 0 aliphatic carbocycles. The monoisotopic (exact) mass is 492 g/mol. The van der Waals surface area contributed by atoms with E-state index in [1.807, 2.05) is 41.0 Å². The number of aliphatic hydroxyl groups is 1. The number of hydrogen-bond donors (Lipinski definition) is 1. The van der Waals surface area contributed by atoms with Crippen molar-refractivity contribution < 1.29 is 14.2 Å². The van der Waals surface area contributed by atoms with Gasteiger partial charge in [0.2, 0.25) is 0 Å². The molecule has 0 bridgehead atoms. The standard InChI is InChI=1S/C27H29FN4O2S/c28-22-9-11-23(12-10-22)32-26(17-31-14-4-1-5-15-31)29-30-27(32)35-19-24(33)18-34-25-13-8-20-6-2-3-7-21(20)16-25/h2-3,6-13,16,24,33H,1,4-5,14-15,17-19H2. The van der Waals surface area contributed by atoms with E-state index >= 15 is 0 Å². The highest BCUT2D eigenvalue weighted by atomic mass is 32.2. The largest absolute Gasteiger partial charge is 0.491 e. The summed E-state index contributed by atoms with van der Waals surface area (Å²) in [6.45, 7) is 2.96. The first kappa shape index (κ1) is 23.8. The number of ether oxygens (including phenoxy) is 1. The van der Waals surface area contributed by atoms with E-state index in [9.17, 15) is 9.50 Å². The van der Waals surface area contributed by atoms with Crippen LogP contribution in [0.2, 0.25) is 0 Å². The first-order valence-electron chi connectivity index (χ1n) is 12.0. The number of piperidine rings is 1. The normalized spacial score (nSPS) is 15.4. The highest BCUT2D eigenvalue weighted by Crippen LogP contribution is 2.25. The number of thioether (sulfide) groups is 1. The molecule has 5 rings (SSSR count). The summed E-state index contributed by atoms with van der Waals surface area (Å²) in [6.07, 6.45) is 2.96. The maximum absolute atomic E-state index is 13.6. The first-order chi connectivity index (χ1) is 17.2. The van der Waals surface area contributed by atoms with Crippen LogP contribution in [0.25, 0.3) is 16.5 Å². The van der Waals surface area contributed by atoms with Crippen molar-refractivity contribution in [3.05, 3.63) is 78.4 Å². The second-order valence-electron chi connectivity index (χ2n) is 8.83. The number of rotatable bonds is 9. The number of nitrogens with zero attached hydrogens (tertiary/aromatic N) is 4. The topological polar surface area (TPSA) is 63.4 Å². The highest BCUT2D eigenvalue weighted by Gasteiger charge is 2.20. The molecule has 35 heavy (non-hydrogen) atoms. The molecule has 8 heteroatoms. The van der Waals surface area contributed by atoms with Crippen LogP contribution in [0.15, 0.2) is 71.9 Å². The van der Waals surface area contributed by atoms with Crippen LogP contribution in [0.4, 0.5) is 4.39 Å². The molecular weight excluding hydrogens is 463 g/mol. The Hall–Kier alpha value is -2.94. The molecule has 0 spiro atoms. The highest BCUT2D eigenvalue weighted by molar-refractivity contribution is 7.99. The molecule has 2 heterocycles. The Balaban J connectivity index is 1.25. The van der Waals surface area contributed by atoms with Crippen LogP contribution < -0.4 is 4.74 Å². The van der Waals surface area contributed by atoms with Crippen molar-refractivity contribution >= 4 is 22.5 Å². The molecule has 1 aliphatic heterocycles. The van der Waals surface area contributed by atoms with Gasteiger partial charge in [-0.1, -0.05) is 48.5 Å². The summed E-state index contributed by atoms with van der Waals surface area (Å²) in [5.74, 6) is 1.67. The summed E-state index contributed by atoms with van der Waals surface area (Å²) in [5, 5.41) is 22.4. The summed E-state index contributed by atoms with van der Waals surface area (Å²) >= 11 is 1.42. The van der Waals surface area contributed by atoms with Crippen LogP contribution >= 0.6 is 11.8 Å². The summed E-state index contributed by atoms with van der Waals surface area (Å²) in [4.78, 5) is 2.38. The quantitative estimate of drug-likeness (QED) is 0.329. The molecule has 3 aromatic carbocycles. The van der Waals surface area contributed by atoms with E-state index in [4.69, 9.17) is 4.74 Å². The van der Waals surface area contributed by atoms with Gasteiger partial charge >= 0.3 is 0 Å². The van der Waals surface area contributed by atoms with E-state index in [1.165, 1.54) is 43.2 Å². The Kier molecular flexibility index (Phi) is 7.61. The number of aliphatic hydroxyl groups excluding tert-OH is 1. The van der Waals surface area contributed by atoms with Crippen molar-refractivity contribution in [2.45, 2.75) is 37.1 Å². The lowest BCUT2D eigenvalue weighted by molar-refractivity contribution is 0.126. The Morgan fingerprint density at radius 2 is 1.71 bits per heavy atom. The van der Waals surface area contributed by atoms with Gasteiger partial charge in [0.25, 0.3) is 0 Å². The van der Waals surface area contributed by atoms with Gasteiger partial charge in [0.15, 0.2) is 11.0 Å². The maximum Gasteiger partial charge on any atom is 0.195 e. The third kappa shape index (κ3) is 6.01. The first-order valence-corrected chi connectivity index (χ1v) is 13.0. The zero-order chi connectivity index (χ0) is 24.0. The van der Waals surface area contributed by atoms with Crippen molar-refractivity contribution in [2.75, 3.05) is 25.4 Å². The fourth-order valence-electron chi connectivity index (χ4n) is 4.33. The number of benzene rings is 3. The Labute approximate surface area is 208 Å². The summed E-state index contributed by atoms with van der Waals surface area (Å²) in [7, 11) is 0. The lowest BCUT2D eigenvalue weighted by Gasteiger charge is -2.26. The number of fused-ring (bicyclic) bond motifs is 1. The van der Waals surface area contributed by atoms with E-state index in [1.54, 1.807) is 12.1 Å². The SMILES string of the molecule is OC(COc1ccc2ccccc2c1)CSc1nnc(CN2CCCCC2)n1-c1ccc(F)cc1. The van der Waals surface area contributed by atoms with Crippen molar-refractivity contribution in [2.24, 2.45) is 0 Å². The molecule has 1 aliphatic rings. The van der Waals surface area contributed by atoms with Gasteiger partial charge in [0.1, 0.15) is 18.2 Å². The minimum absolute atomic E-state index is 0.177. The van der Waals surface area contributed by atoms with E-state index in [0.717, 1.165) is 41.1 Å². The molecule has 4 aromatic rings. The smallest absolute Gasteiger partial charge is 0.195 e. The van der Waals surface area contributed by atoms with Crippen molar-refractivity contribution in [1.82, 2.24) is 19.7 Å². The lowest BCUT2D eigenvalue weighted by atomic mass is 10.1. The second-order valence-corrected chi connectivity index (χ2v) is 9.82. The number of halogens is 1. The Morgan fingerprint density at radius 1 is 0.943 bits per heavy atom. The summed E-state index contributed by atoms with van der Waals surface area (Å²) < 4.78 is 21.4. The third-order valence-electron chi connectivity index (χ3n) is 6.17. The molecule has 0 radical (unpaired) electrons. The van der Waals surface area contributed by atoms with Crippen LogP contribution in [0.5, 0.6) is 5.75 Å². The number of aromatic nitrogens is 3. The molecule has 6 nitrogen and oxygen atoms in total. The fourth-order valence-corrected chi connectivity index (χ4v) is 5.21. The van der Waals surface area contributed by atoms with E-state index in [0.29, 0.717) is 17.5 Å². The van der Waals surface area contributed by atoms with Crippen LogP contribution in [-0.4, -0.2) is 56.3 Å². The predicted molar refractivity (Wildman–Crippen MR) is 137 cm³/mol. The van der Waals surface area contributed by atoms with Gasteiger partial charge in [-0.25, -0.2) is 4.39 Å². The van der Waals surface area contributed by atoms with Crippen molar-refractivity contribution in [3.8, 4) is 11.4 Å². The van der Waals surface area contributed by atoms with Crippen molar-refractivity contribution in [3.63, 3.8) is 0 Å². The Bertz CT molecular complexity index is 1260.